The normalized spacial score (nSPS) is 15.3. The van der Waals surface area contributed by atoms with E-state index in [1.54, 1.807) is 6.07 Å². The van der Waals surface area contributed by atoms with Crippen LogP contribution in [0.3, 0.4) is 0 Å². The highest BCUT2D eigenvalue weighted by Crippen LogP contribution is 2.37. The first kappa shape index (κ1) is 13.6. The van der Waals surface area contributed by atoms with Gasteiger partial charge in [-0.05, 0) is 48.7 Å². The summed E-state index contributed by atoms with van der Waals surface area (Å²) in [5.74, 6) is -0.193. The Bertz CT molecular complexity index is 655. The average Bonchev–Trinajstić information content (AvgIpc) is 2.81. The highest BCUT2D eigenvalue weighted by atomic mass is 79.9. The second kappa shape index (κ2) is 5.19. The fraction of sp³-hybridized carbons (Fsp3) is 0.250. The molecule has 0 radical (unpaired) electrons. The van der Waals surface area contributed by atoms with Crippen LogP contribution in [-0.4, -0.2) is 6.54 Å². The summed E-state index contributed by atoms with van der Waals surface area (Å²) in [5.41, 5.74) is 10.2. The molecule has 1 aliphatic rings. The molecule has 2 N–H and O–H groups in total. The molecule has 2 nitrogen and oxygen atoms in total. The average molecular weight is 335 g/mol. The van der Waals surface area contributed by atoms with Crippen molar-refractivity contribution >= 4 is 27.3 Å². The quantitative estimate of drug-likeness (QED) is 0.886. The standard InChI is InChI=1S/C16H16BrFN2/c1-10(19)14-5-4-13(9-15(14)17)20-7-6-11-2-3-12(18)8-16(11)20/h2-5,8-10H,6-7,19H2,1H3/t10-/m0/s1. The van der Waals surface area contributed by atoms with Crippen molar-refractivity contribution in [1.29, 1.82) is 0 Å². The molecule has 1 aliphatic heterocycles. The zero-order valence-electron chi connectivity index (χ0n) is 11.2. The molecule has 0 aliphatic carbocycles. The molecule has 0 aromatic heterocycles. The molecule has 0 amide bonds. The highest BCUT2D eigenvalue weighted by Gasteiger charge is 2.21. The lowest BCUT2D eigenvalue weighted by molar-refractivity contribution is 0.628. The molecule has 20 heavy (non-hydrogen) atoms. The highest BCUT2D eigenvalue weighted by molar-refractivity contribution is 9.10. The van der Waals surface area contributed by atoms with Crippen LogP contribution in [0.4, 0.5) is 15.8 Å². The second-order valence-corrected chi connectivity index (χ2v) is 6.02. The van der Waals surface area contributed by atoms with Crippen LogP contribution in [0.1, 0.15) is 24.1 Å². The molecule has 2 aromatic rings. The summed E-state index contributed by atoms with van der Waals surface area (Å²) in [5, 5.41) is 0. The largest absolute Gasteiger partial charge is 0.341 e. The molecule has 0 saturated carbocycles. The van der Waals surface area contributed by atoms with E-state index < -0.39 is 0 Å². The van der Waals surface area contributed by atoms with E-state index >= 15 is 0 Å². The van der Waals surface area contributed by atoms with Gasteiger partial charge in [-0.1, -0.05) is 28.1 Å². The predicted octanol–water partition coefficient (Wildman–Crippen LogP) is 4.30. The number of anilines is 2. The molecule has 1 heterocycles. The maximum atomic E-state index is 13.4. The number of hydrogen-bond donors (Lipinski definition) is 1. The van der Waals surface area contributed by atoms with Crippen molar-refractivity contribution in [2.75, 3.05) is 11.4 Å². The van der Waals surface area contributed by atoms with Crippen LogP contribution in [0.15, 0.2) is 40.9 Å². The van der Waals surface area contributed by atoms with E-state index in [9.17, 15) is 4.39 Å². The molecule has 0 bridgehead atoms. The minimum absolute atomic E-state index is 0.0123. The van der Waals surface area contributed by atoms with Gasteiger partial charge < -0.3 is 10.6 Å². The lowest BCUT2D eigenvalue weighted by Crippen LogP contribution is -2.14. The summed E-state index contributed by atoms with van der Waals surface area (Å²) < 4.78 is 14.4. The third kappa shape index (κ3) is 2.34. The molecule has 1 atom stereocenters. The summed E-state index contributed by atoms with van der Waals surface area (Å²) in [7, 11) is 0. The zero-order valence-corrected chi connectivity index (χ0v) is 12.8. The van der Waals surface area contributed by atoms with Gasteiger partial charge in [0.15, 0.2) is 0 Å². The molecule has 0 fully saturated rings. The first-order chi connectivity index (χ1) is 9.56. The van der Waals surface area contributed by atoms with E-state index in [1.807, 2.05) is 25.1 Å². The van der Waals surface area contributed by atoms with Gasteiger partial charge in [0.25, 0.3) is 0 Å². The van der Waals surface area contributed by atoms with Crippen molar-refractivity contribution in [3.8, 4) is 0 Å². The van der Waals surface area contributed by atoms with Gasteiger partial charge >= 0.3 is 0 Å². The summed E-state index contributed by atoms with van der Waals surface area (Å²) in [4.78, 5) is 2.15. The fourth-order valence-corrected chi connectivity index (χ4v) is 3.40. The van der Waals surface area contributed by atoms with Crippen LogP contribution in [0.2, 0.25) is 0 Å². The Kier molecular flexibility index (Phi) is 3.52. The number of benzene rings is 2. The number of rotatable bonds is 2. The van der Waals surface area contributed by atoms with E-state index in [0.717, 1.165) is 34.4 Å². The number of nitrogens with zero attached hydrogens (tertiary/aromatic N) is 1. The Morgan fingerprint density at radius 1 is 1.25 bits per heavy atom. The number of fused-ring (bicyclic) bond motifs is 1. The molecule has 4 heteroatoms. The van der Waals surface area contributed by atoms with Crippen molar-refractivity contribution in [1.82, 2.24) is 0 Å². The van der Waals surface area contributed by atoms with Crippen LogP contribution < -0.4 is 10.6 Å². The third-order valence-corrected chi connectivity index (χ3v) is 4.42. The van der Waals surface area contributed by atoms with Gasteiger partial charge in [0.1, 0.15) is 5.82 Å². The van der Waals surface area contributed by atoms with Gasteiger partial charge in [-0.3, -0.25) is 0 Å². The van der Waals surface area contributed by atoms with Crippen LogP contribution in [0.25, 0.3) is 0 Å². The van der Waals surface area contributed by atoms with Gasteiger partial charge in [-0.2, -0.15) is 0 Å². The maximum absolute atomic E-state index is 13.4. The maximum Gasteiger partial charge on any atom is 0.125 e. The Labute approximate surface area is 126 Å². The molecule has 0 saturated heterocycles. The van der Waals surface area contributed by atoms with Crippen LogP contribution >= 0.6 is 15.9 Å². The van der Waals surface area contributed by atoms with Crippen LogP contribution in [0.5, 0.6) is 0 Å². The van der Waals surface area contributed by atoms with Gasteiger partial charge in [0.2, 0.25) is 0 Å². The first-order valence-electron chi connectivity index (χ1n) is 6.67. The van der Waals surface area contributed by atoms with Gasteiger partial charge in [-0.25, -0.2) is 4.39 Å². The lowest BCUT2D eigenvalue weighted by atomic mass is 10.1. The summed E-state index contributed by atoms with van der Waals surface area (Å²) in [6, 6.07) is 11.1. The minimum Gasteiger partial charge on any atom is -0.341 e. The van der Waals surface area contributed by atoms with Gasteiger partial charge in [0.05, 0.1) is 0 Å². The molecule has 0 unspecified atom stereocenters. The summed E-state index contributed by atoms with van der Waals surface area (Å²) in [6.45, 7) is 2.84. The van der Waals surface area contributed by atoms with Crippen molar-refractivity contribution < 1.29 is 4.39 Å². The van der Waals surface area contributed by atoms with Crippen molar-refractivity contribution in [2.24, 2.45) is 5.73 Å². The topological polar surface area (TPSA) is 29.3 Å². The smallest absolute Gasteiger partial charge is 0.125 e. The summed E-state index contributed by atoms with van der Waals surface area (Å²) in [6.07, 6.45) is 0.947. The zero-order chi connectivity index (χ0) is 14.3. The van der Waals surface area contributed by atoms with Gasteiger partial charge in [-0.15, -0.1) is 0 Å². The third-order valence-electron chi connectivity index (χ3n) is 3.73. The second-order valence-electron chi connectivity index (χ2n) is 5.17. The molecular formula is C16H16BrFN2. The Balaban J connectivity index is 2.00. The van der Waals surface area contributed by atoms with Gasteiger partial charge in [0, 0.05) is 28.4 Å². The Hall–Kier alpha value is -1.39. The monoisotopic (exact) mass is 334 g/mol. The van der Waals surface area contributed by atoms with Crippen LogP contribution in [-0.2, 0) is 6.42 Å². The van der Waals surface area contributed by atoms with E-state index in [2.05, 4.69) is 26.9 Å². The SMILES string of the molecule is C[C@H](N)c1ccc(N2CCc3ccc(F)cc32)cc1Br. The van der Waals surface area contributed by atoms with E-state index in [-0.39, 0.29) is 11.9 Å². The van der Waals surface area contributed by atoms with Crippen molar-refractivity contribution in [2.45, 2.75) is 19.4 Å². The Morgan fingerprint density at radius 2 is 2.05 bits per heavy atom. The van der Waals surface area contributed by atoms with E-state index in [0.29, 0.717) is 0 Å². The molecule has 2 aromatic carbocycles. The lowest BCUT2D eigenvalue weighted by Gasteiger charge is -2.21. The molecule has 3 rings (SSSR count). The van der Waals surface area contributed by atoms with E-state index in [4.69, 9.17) is 5.73 Å². The van der Waals surface area contributed by atoms with Crippen molar-refractivity contribution in [3.05, 3.63) is 57.8 Å². The number of halogens is 2. The summed E-state index contributed by atoms with van der Waals surface area (Å²) >= 11 is 3.57. The number of nitrogens with two attached hydrogens (primary N) is 1. The molecule has 104 valence electrons. The minimum atomic E-state index is -0.193. The van der Waals surface area contributed by atoms with Crippen LogP contribution in [0, 0.1) is 5.82 Å². The predicted molar refractivity (Wildman–Crippen MR) is 83.9 cm³/mol. The molecule has 0 spiro atoms. The fourth-order valence-electron chi connectivity index (χ4n) is 2.67. The number of hydrogen-bond acceptors (Lipinski definition) is 2. The van der Waals surface area contributed by atoms with Crippen molar-refractivity contribution in [3.63, 3.8) is 0 Å². The molecular weight excluding hydrogens is 319 g/mol. The Morgan fingerprint density at radius 3 is 2.75 bits per heavy atom. The van der Waals surface area contributed by atoms with E-state index in [1.165, 1.54) is 11.6 Å². The first-order valence-corrected chi connectivity index (χ1v) is 7.46.